The molecule has 0 aliphatic carbocycles. The van der Waals surface area contributed by atoms with Crippen LogP contribution < -0.4 is 4.74 Å². The summed E-state index contributed by atoms with van der Waals surface area (Å²) in [5, 5.41) is 6.94. The van der Waals surface area contributed by atoms with Crippen LogP contribution in [0.25, 0.3) is 44.4 Å². The maximum absolute atomic E-state index is 6.39. The van der Waals surface area contributed by atoms with Gasteiger partial charge in [0.2, 0.25) is 0 Å². The molecule has 47 heavy (non-hydrogen) atoms. The average Bonchev–Trinajstić information content (AvgIpc) is 3.64. The molecule has 0 saturated carbocycles. The van der Waals surface area contributed by atoms with Crippen LogP contribution in [0.1, 0.15) is 44.4 Å². The number of benzene rings is 4. The Morgan fingerprint density at radius 2 is 1.62 bits per heavy atom. The van der Waals surface area contributed by atoms with Crippen LogP contribution in [0.2, 0.25) is 0 Å². The van der Waals surface area contributed by atoms with Crippen molar-refractivity contribution in [2.24, 2.45) is 0 Å². The van der Waals surface area contributed by atoms with Crippen LogP contribution in [0, 0.1) is 26.0 Å². The number of hydrogen-bond acceptors (Lipinski definition) is 4. The fourth-order valence-electron chi connectivity index (χ4n) is 6.14. The number of ether oxygens (including phenoxy) is 1. The molecule has 0 aliphatic heterocycles. The van der Waals surface area contributed by atoms with Crippen LogP contribution in [0.5, 0.6) is 11.5 Å². The van der Waals surface area contributed by atoms with Crippen LogP contribution in [-0.2, 0) is 26.5 Å². The molecule has 0 fully saturated rings. The third-order valence-corrected chi connectivity index (χ3v) is 9.16. The molecule has 0 bridgehead atoms. The summed E-state index contributed by atoms with van der Waals surface area (Å²) in [5.41, 5.74) is 8.83. The number of fused-ring (bicyclic) bond motifs is 3. The third kappa shape index (κ3) is 6.42. The molecule has 0 aliphatic rings. The molecule has 7 rings (SSSR count). The first kappa shape index (κ1) is 32.8. The van der Waals surface area contributed by atoms with E-state index in [1.165, 1.54) is 27.1 Å². The Morgan fingerprint density at radius 3 is 2.38 bits per heavy atom. The maximum Gasteiger partial charge on any atom is 2.00 e. The number of rotatable bonds is 7. The molecule has 7 aromatic rings. The van der Waals surface area contributed by atoms with Gasteiger partial charge in [0, 0.05) is 39.9 Å². The van der Waals surface area contributed by atoms with Crippen molar-refractivity contribution in [2.75, 3.05) is 5.75 Å². The van der Waals surface area contributed by atoms with E-state index in [1.807, 2.05) is 53.1 Å². The second-order valence-electron chi connectivity index (χ2n) is 12.6. The minimum Gasteiger partial charge on any atom is -0.509 e. The molecule has 238 valence electrons. The number of aryl methyl sites for hydroxylation is 2. The first-order valence-corrected chi connectivity index (χ1v) is 16.6. The van der Waals surface area contributed by atoms with E-state index in [1.54, 1.807) is 0 Å². The van der Waals surface area contributed by atoms with Gasteiger partial charge in [-0.05, 0) is 88.7 Å². The zero-order chi connectivity index (χ0) is 32.0. The Labute approximate surface area is 295 Å². The summed E-state index contributed by atoms with van der Waals surface area (Å²) in [6.45, 7) is 13.2. The van der Waals surface area contributed by atoms with Gasteiger partial charge in [-0.3, -0.25) is 4.68 Å². The van der Waals surface area contributed by atoms with Crippen LogP contribution in [0.15, 0.2) is 102 Å². The predicted molar refractivity (Wildman–Crippen MR) is 190 cm³/mol. The minimum absolute atomic E-state index is 0. The van der Waals surface area contributed by atoms with Crippen LogP contribution >= 0.6 is 11.8 Å². The molecule has 0 unspecified atom stereocenters. The fraction of sp³-hybridized carbons (Fsp3) is 0.200. The molecule has 0 N–H and O–H groups in total. The fourth-order valence-corrected chi connectivity index (χ4v) is 6.99. The summed E-state index contributed by atoms with van der Waals surface area (Å²) in [5.74, 6) is 3.12. The van der Waals surface area contributed by atoms with Crippen LogP contribution in [-0.4, -0.2) is 25.1 Å². The van der Waals surface area contributed by atoms with E-state index >= 15 is 0 Å². The van der Waals surface area contributed by atoms with Crippen molar-refractivity contribution >= 4 is 33.6 Å². The summed E-state index contributed by atoms with van der Waals surface area (Å²) in [7, 11) is 0. The molecule has 0 saturated heterocycles. The van der Waals surface area contributed by atoms with Gasteiger partial charge < -0.3 is 9.30 Å². The molecule has 3 aromatic heterocycles. The normalized spacial score (nSPS) is 11.6. The molecule has 0 atom stereocenters. The molecule has 0 radical (unpaired) electrons. The summed E-state index contributed by atoms with van der Waals surface area (Å²) >= 11 is 1.87. The quantitative estimate of drug-likeness (QED) is 0.119. The second-order valence-corrected chi connectivity index (χ2v) is 14.0. The van der Waals surface area contributed by atoms with Gasteiger partial charge >= 0.3 is 21.1 Å². The Kier molecular flexibility index (Phi) is 9.20. The van der Waals surface area contributed by atoms with Gasteiger partial charge in [0.1, 0.15) is 5.82 Å². The van der Waals surface area contributed by atoms with Gasteiger partial charge in [-0.15, -0.1) is 47.5 Å². The van der Waals surface area contributed by atoms with E-state index in [0.29, 0.717) is 11.5 Å². The molecule has 0 spiro atoms. The molecular formula is C40H36N4OPtS. The second kappa shape index (κ2) is 13.2. The Morgan fingerprint density at radius 1 is 0.851 bits per heavy atom. The van der Waals surface area contributed by atoms with Crippen molar-refractivity contribution in [3.63, 3.8) is 0 Å². The molecule has 0 amide bonds. The number of hydrogen-bond donors (Lipinski definition) is 0. The van der Waals surface area contributed by atoms with E-state index in [4.69, 9.17) is 14.8 Å². The van der Waals surface area contributed by atoms with Gasteiger partial charge in [-0.25, -0.2) is 4.98 Å². The summed E-state index contributed by atoms with van der Waals surface area (Å²) < 4.78 is 10.4. The molecule has 5 nitrogen and oxygen atoms in total. The first-order valence-electron chi connectivity index (χ1n) is 15.6. The topological polar surface area (TPSA) is 44.9 Å². The zero-order valence-electron chi connectivity index (χ0n) is 27.4. The van der Waals surface area contributed by atoms with Crippen LogP contribution in [0.4, 0.5) is 0 Å². The molecule has 7 heteroatoms. The average molecular weight is 816 g/mol. The smallest absolute Gasteiger partial charge is 0.509 e. The van der Waals surface area contributed by atoms with E-state index < -0.39 is 0 Å². The monoisotopic (exact) mass is 815 g/mol. The maximum atomic E-state index is 6.39. The Bertz CT molecular complexity index is 2200. The summed E-state index contributed by atoms with van der Waals surface area (Å²) in [6.07, 6.45) is 5.88. The third-order valence-electron chi connectivity index (χ3n) is 8.31. The zero-order valence-corrected chi connectivity index (χ0v) is 30.5. The van der Waals surface area contributed by atoms with Crippen molar-refractivity contribution in [2.45, 2.75) is 51.9 Å². The standard InChI is InChI=1S/C40H36N4OS.Pt/c1-7-46-33-19-26(2)39(27(3)20-33)28-24-42-43(25-28)30-11-10-12-31(22-30)45-32-15-16-35-34-13-8-9-14-36(34)44(37(35)23-32)38-21-29(17-18-41-38)40(4,5)6;/h8-21,24-25H,7H2,1-6H3;/q-2;+2. The van der Waals surface area contributed by atoms with Crippen molar-refractivity contribution in [3.05, 3.63) is 126 Å². The molecule has 3 heterocycles. The number of nitrogens with zero attached hydrogens (tertiary/aromatic N) is 4. The summed E-state index contributed by atoms with van der Waals surface area (Å²) in [4.78, 5) is 6.09. The van der Waals surface area contributed by atoms with Gasteiger partial charge in [0.25, 0.3) is 0 Å². The van der Waals surface area contributed by atoms with E-state index in [0.717, 1.165) is 44.6 Å². The van der Waals surface area contributed by atoms with Crippen molar-refractivity contribution in [3.8, 4) is 34.1 Å². The Balaban J connectivity index is 0.00000386. The summed E-state index contributed by atoms with van der Waals surface area (Å²) in [6, 6.07) is 34.1. The number of thioether (sulfide) groups is 1. The predicted octanol–water partition coefficient (Wildman–Crippen LogP) is 10.4. The number of pyridine rings is 1. The number of aromatic nitrogens is 4. The van der Waals surface area contributed by atoms with E-state index in [-0.39, 0.29) is 26.5 Å². The van der Waals surface area contributed by atoms with Crippen LogP contribution in [0.3, 0.4) is 0 Å². The largest absolute Gasteiger partial charge is 2.00 e. The number of para-hydroxylation sites is 1. The Hall–Kier alpha value is -4.12. The van der Waals surface area contributed by atoms with Crippen molar-refractivity contribution in [1.29, 1.82) is 0 Å². The van der Waals surface area contributed by atoms with Gasteiger partial charge in [-0.1, -0.05) is 51.4 Å². The SMILES string of the molecule is CCSc1cc(C)c(-c2cnn(-c3[c-]c(Oc4[c-]c5c(cc4)c4ccccc4n5-c4cc(C(C)(C)C)ccn4)ccc3)c2)c(C)c1.[Pt+2]. The van der Waals surface area contributed by atoms with E-state index in [2.05, 4.69) is 119 Å². The van der Waals surface area contributed by atoms with Gasteiger partial charge in [-0.2, -0.15) is 17.2 Å². The van der Waals surface area contributed by atoms with E-state index in [9.17, 15) is 0 Å². The van der Waals surface area contributed by atoms with Gasteiger partial charge in [0.15, 0.2) is 0 Å². The molecule has 4 aromatic carbocycles. The van der Waals surface area contributed by atoms with Crippen molar-refractivity contribution in [1.82, 2.24) is 19.3 Å². The van der Waals surface area contributed by atoms with Crippen molar-refractivity contribution < 1.29 is 25.8 Å². The molecular weight excluding hydrogens is 780 g/mol. The minimum atomic E-state index is 0. The van der Waals surface area contributed by atoms with Gasteiger partial charge in [0.05, 0.1) is 6.20 Å². The first-order chi connectivity index (χ1) is 22.2.